The lowest BCUT2D eigenvalue weighted by molar-refractivity contribution is 0.164. The van der Waals surface area contributed by atoms with Gasteiger partial charge in [0.25, 0.3) is 0 Å². The van der Waals surface area contributed by atoms with Crippen LogP contribution in [0.25, 0.3) is 0 Å². The average Bonchev–Trinajstić information content (AvgIpc) is 2.93. The topological polar surface area (TPSA) is 27.1 Å². The molecule has 0 atom stereocenters. The van der Waals surface area contributed by atoms with E-state index in [1.165, 1.54) is 5.69 Å². The van der Waals surface area contributed by atoms with Crippen molar-refractivity contribution < 1.29 is 4.74 Å². The van der Waals surface area contributed by atoms with Crippen molar-refractivity contribution in [2.75, 3.05) is 0 Å². The molecule has 3 rings (SSSR count). The quantitative estimate of drug-likeness (QED) is 0.784. The van der Waals surface area contributed by atoms with Crippen LogP contribution in [0, 0.1) is 0 Å². The van der Waals surface area contributed by atoms with Gasteiger partial charge >= 0.3 is 0 Å². The van der Waals surface area contributed by atoms with Crippen LogP contribution in [0.5, 0.6) is 5.88 Å². The first-order valence-corrected chi connectivity index (χ1v) is 5.52. The monoisotopic (exact) mass is 214 g/mol. The van der Waals surface area contributed by atoms with E-state index in [2.05, 4.69) is 34.9 Å². The summed E-state index contributed by atoms with van der Waals surface area (Å²) < 4.78 is 8.13. The molecule has 2 aromatic rings. The van der Waals surface area contributed by atoms with Gasteiger partial charge < -0.3 is 9.30 Å². The molecular formula is C13H14N2O. The van der Waals surface area contributed by atoms with Gasteiger partial charge in [-0.25, -0.2) is 4.98 Å². The zero-order valence-electron chi connectivity index (χ0n) is 9.26. The molecule has 1 aliphatic carbocycles. The second kappa shape index (κ2) is 3.37. The number of aryl methyl sites for hydroxylation is 1. The number of ether oxygens (including phenoxy) is 1. The minimum absolute atomic E-state index is 0.132. The van der Waals surface area contributed by atoms with Crippen LogP contribution in [0.15, 0.2) is 42.7 Å². The third-order valence-electron chi connectivity index (χ3n) is 3.05. The summed E-state index contributed by atoms with van der Waals surface area (Å²) in [5.41, 5.74) is 1.10. The first kappa shape index (κ1) is 9.46. The standard InChI is InChI=1S/C13H14N2O/c1-15-10-4-5-11(15)13(7-8-13)16-12-6-2-3-9-14-12/h2-6,9-10H,7-8H2,1H3. The first-order chi connectivity index (χ1) is 7.80. The fourth-order valence-corrected chi connectivity index (χ4v) is 2.07. The Balaban J connectivity index is 1.88. The third-order valence-corrected chi connectivity index (χ3v) is 3.05. The molecular weight excluding hydrogens is 200 g/mol. The Morgan fingerprint density at radius 2 is 2.12 bits per heavy atom. The molecule has 3 nitrogen and oxygen atoms in total. The summed E-state index contributed by atoms with van der Waals surface area (Å²) in [6.45, 7) is 0. The number of aromatic nitrogens is 2. The van der Waals surface area contributed by atoms with E-state index in [1.807, 2.05) is 18.2 Å². The summed E-state index contributed by atoms with van der Waals surface area (Å²) >= 11 is 0. The molecule has 0 unspecified atom stereocenters. The minimum Gasteiger partial charge on any atom is -0.465 e. The zero-order chi connectivity index (χ0) is 11.0. The van der Waals surface area contributed by atoms with Crippen LogP contribution in [0.4, 0.5) is 0 Å². The SMILES string of the molecule is Cn1cccc1C1(Oc2ccccn2)CC1. The van der Waals surface area contributed by atoms with Crippen molar-refractivity contribution in [1.82, 2.24) is 9.55 Å². The number of nitrogens with zero attached hydrogens (tertiary/aromatic N) is 2. The van der Waals surface area contributed by atoms with E-state index >= 15 is 0 Å². The van der Waals surface area contributed by atoms with Crippen LogP contribution in [-0.2, 0) is 12.6 Å². The number of pyridine rings is 1. The maximum atomic E-state index is 6.01. The van der Waals surface area contributed by atoms with E-state index in [0.29, 0.717) is 5.88 Å². The van der Waals surface area contributed by atoms with Gasteiger partial charge in [0, 0.05) is 25.5 Å². The molecule has 0 N–H and O–H groups in total. The van der Waals surface area contributed by atoms with Crippen LogP contribution in [0.3, 0.4) is 0 Å². The van der Waals surface area contributed by atoms with E-state index in [4.69, 9.17) is 4.74 Å². The summed E-state index contributed by atoms with van der Waals surface area (Å²) in [5.74, 6) is 0.709. The van der Waals surface area contributed by atoms with Gasteiger partial charge in [-0.15, -0.1) is 0 Å². The molecule has 2 heterocycles. The number of rotatable bonds is 3. The highest BCUT2D eigenvalue weighted by Crippen LogP contribution is 2.48. The van der Waals surface area contributed by atoms with Crippen molar-refractivity contribution in [2.45, 2.75) is 18.4 Å². The molecule has 1 aliphatic rings. The van der Waals surface area contributed by atoms with E-state index < -0.39 is 0 Å². The first-order valence-electron chi connectivity index (χ1n) is 5.52. The number of hydrogen-bond donors (Lipinski definition) is 0. The minimum atomic E-state index is -0.132. The van der Waals surface area contributed by atoms with Gasteiger partial charge in [0.15, 0.2) is 5.60 Å². The fourth-order valence-electron chi connectivity index (χ4n) is 2.07. The Labute approximate surface area is 94.7 Å². The van der Waals surface area contributed by atoms with Gasteiger partial charge in [-0.1, -0.05) is 6.07 Å². The van der Waals surface area contributed by atoms with Crippen molar-refractivity contribution >= 4 is 0 Å². The van der Waals surface area contributed by atoms with E-state index in [-0.39, 0.29) is 5.60 Å². The molecule has 0 amide bonds. The maximum absolute atomic E-state index is 6.01. The molecule has 82 valence electrons. The van der Waals surface area contributed by atoms with Crippen LogP contribution in [0.1, 0.15) is 18.5 Å². The highest BCUT2D eigenvalue weighted by Gasteiger charge is 2.49. The van der Waals surface area contributed by atoms with E-state index in [0.717, 1.165) is 12.8 Å². The molecule has 0 spiro atoms. The second-order valence-electron chi connectivity index (χ2n) is 4.27. The highest BCUT2D eigenvalue weighted by molar-refractivity contribution is 5.25. The van der Waals surface area contributed by atoms with Crippen molar-refractivity contribution in [3.63, 3.8) is 0 Å². The fraction of sp³-hybridized carbons (Fsp3) is 0.308. The van der Waals surface area contributed by atoms with Gasteiger partial charge in [-0.3, -0.25) is 0 Å². The van der Waals surface area contributed by atoms with Gasteiger partial charge in [0.05, 0.1) is 5.69 Å². The molecule has 3 heteroatoms. The van der Waals surface area contributed by atoms with E-state index in [1.54, 1.807) is 6.20 Å². The molecule has 0 aliphatic heterocycles. The summed E-state index contributed by atoms with van der Waals surface area (Å²) in [5, 5.41) is 0. The van der Waals surface area contributed by atoms with Crippen molar-refractivity contribution in [3.05, 3.63) is 48.4 Å². The maximum Gasteiger partial charge on any atom is 0.214 e. The Bertz CT molecular complexity index is 486. The number of hydrogen-bond acceptors (Lipinski definition) is 2. The van der Waals surface area contributed by atoms with Crippen LogP contribution < -0.4 is 4.74 Å². The zero-order valence-corrected chi connectivity index (χ0v) is 9.26. The predicted molar refractivity (Wildman–Crippen MR) is 61.2 cm³/mol. The summed E-state index contributed by atoms with van der Waals surface area (Å²) in [4.78, 5) is 4.21. The highest BCUT2D eigenvalue weighted by atomic mass is 16.5. The Kier molecular flexibility index (Phi) is 1.99. The van der Waals surface area contributed by atoms with Crippen molar-refractivity contribution in [1.29, 1.82) is 0 Å². The molecule has 1 saturated carbocycles. The Hall–Kier alpha value is -1.77. The normalized spacial score (nSPS) is 17.1. The molecule has 0 saturated heterocycles. The summed E-state index contributed by atoms with van der Waals surface area (Å²) in [6.07, 6.45) is 5.95. The molecule has 0 bridgehead atoms. The van der Waals surface area contributed by atoms with Crippen molar-refractivity contribution in [3.8, 4) is 5.88 Å². The lowest BCUT2D eigenvalue weighted by atomic mass is 10.2. The van der Waals surface area contributed by atoms with Gasteiger partial charge in [0.2, 0.25) is 5.88 Å². The average molecular weight is 214 g/mol. The van der Waals surface area contributed by atoms with Crippen molar-refractivity contribution in [2.24, 2.45) is 7.05 Å². The molecule has 0 aromatic carbocycles. The van der Waals surface area contributed by atoms with Crippen LogP contribution >= 0.6 is 0 Å². The lowest BCUT2D eigenvalue weighted by Crippen LogP contribution is -2.19. The molecule has 2 aromatic heterocycles. The smallest absolute Gasteiger partial charge is 0.214 e. The van der Waals surface area contributed by atoms with Gasteiger partial charge in [-0.05, 0) is 31.0 Å². The molecule has 0 radical (unpaired) electrons. The predicted octanol–water partition coefficient (Wildman–Crippen LogP) is 2.49. The van der Waals surface area contributed by atoms with Gasteiger partial charge in [0.1, 0.15) is 0 Å². The third kappa shape index (κ3) is 1.48. The molecule has 16 heavy (non-hydrogen) atoms. The van der Waals surface area contributed by atoms with E-state index in [9.17, 15) is 0 Å². The summed E-state index contributed by atoms with van der Waals surface area (Å²) in [6, 6.07) is 9.93. The largest absolute Gasteiger partial charge is 0.465 e. The lowest BCUT2D eigenvalue weighted by Gasteiger charge is -2.18. The summed E-state index contributed by atoms with van der Waals surface area (Å²) in [7, 11) is 2.05. The Morgan fingerprint density at radius 3 is 2.69 bits per heavy atom. The van der Waals surface area contributed by atoms with Gasteiger partial charge in [-0.2, -0.15) is 0 Å². The Morgan fingerprint density at radius 1 is 1.25 bits per heavy atom. The second-order valence-corrected chi connectivity index (χ2v) is 4.27. The van der Waals surface area contributed by atoms with Crippen LogP contribution in [0.2, 0.25) is 0 Å². The molecule has 1 fully saturated rings. The van der Waals surface area contributed by atoms with Crippen LogP contribution in [-0.4, -0.2) is 9.55 Å².